The molecule has 1 heterocycles. The lowest BCUT2D eigenvalue weighted by atomic mass is 10.1. The number of benzene rings is 1. The number of nitriles is 1. The lowest BCUT2D eigenvalue weighted by Crippen LogP contribution is -2.41. The van der Waals surface area contributed by atoms with E-state index in [4.69, 9.17) is 15.1 Å². The fraction of sp³-hybridized carbons (Fsp3) is 0.333. The molecular formula is C12H11N3O5. The molecule has 2 rings (SSSR count). The van der Waals surface area contributed by atoms with E-state index in [1.807, 2.05) is 6.07 Å². The van der Waals surface area contributed by atoms with Crippen LogP contribution in [-0.2, 0) is 4.74 Å². The quantitative estimate of drug-likeness (QED) is 0.647. The van der Waals surface area contributed by atoms with Crippen molar-refractivity contribution in [1.29, 1.82) is 5.26 Å². The highest BCUT2D eigenvalue weighted by atomic mass is 16.6. The van der Waals surface area contributed by atoms with Crippen molar-refractivity contribution in [3.05, 3.63) is 33.9 Å². The average Bonchev–Trinajstić information content (AvgIpc) is 2.46. The second-order valence-corrected chi connectivity index (χ2v) is 4.20. The van der Waals surface area contributed by atoms with Crippen LogP contribution in [0.15, 0.2) is 18.2 Å². The van der Waals surface area contributed by atoms with Crippen molar-refractivity contribution in [1.82, 2.24) is 0 Å². The minimum atomic E-state index is -1.35. The Bertz CT molecular complexity index is 595. The molecule has 0 bridgehead atoms. The number of anilines is 1. The summed E-state index contributed by atoms with van der Waals surface area (Å²) >= 11 is 0. The van der Waals surface area contributed by atoms with Gasteiger partial charge in [0.2, 0.25) is 0 Å². The number of aromatic carboxylic acids is 1. The summed E-state index contributed by atoms with van der Waals surface area (Å²) in [4.78, 5) is 22.9. The summed E-state index contributed by atoms with van der Waals surface area (Å²) in [6.45, 7) is 1.12. The molecule has 0 saturated carbocycles. The minimum absolute atomic E-state index is 0.292. The van der Waals surface area contributed by atoms with Gasteiger partial charge < -0.3 is 14.7 Å². The van der Waals surface area contributed by atoms with Gasteiger partial charge >= 0.3 is 5.97 Å². The molecule has 104 valence electrons. The van der Waals surface area contributed by atoms with E-state index in [0.717, 1.165) is 0 Å². The van der Waals surface area contributed by atoms with Gasteiger partial charge in [-0.3, -0.25) is 10.1 Å². The number of ether oxygens (including phenoxy) is 1. The molecule has 1 N–H and O–H groups in total. The Hall–Kier alpha value is -2.66. The van der Waals surface area contributed by atoms with Crippen LogP contribution in [0.1, 0.15) is 10.4 Å². The van der Waals surface area contributed by atoms with Gasteiger partial charge in [-0.25, -0.2) is 4.79 Å². The fourth-order valence-corrected chi connectivity index (χ4v) is 2.01. The van der Waals surface area contributed by atoms with Crippen molar-refractivity contribution in [2.24, 2.45) is 0 Å². The molecule has 1 aliphatic rings. The van der Waals surface area contributed by atoms with E-state index in [9.17, 15) is 14.9 Å². The molecule has 1 fully saturated rings. The first kappa shape index (κ1) is 13.8. The van der Waals surface area contributed by atoms with E-state index in [0.29, 0.717) is 25.4 Å². The van der Waals surface area contributed by atoms with Gasteiger partial charge in [-0.15, -0.1) is 0 Å². The van der Waals surface area contributed by atoms with Gasteiger partial charge in [0.1, 0.15) is 5.56 Å². The lowest BCUT2D eigenvalue weighted by molar-refractivity contribution is -0.385. The lowest BCUT2D eigenvalue weighted by Gasteiger charge is -2.31. The number of morpholine rings is 1. The fourth-order valence-electron chi connectivity index (χ4n) is 2.01. The molecule has 0 spiro atoms. The first-order valence-electron chi connectivity index (χ1n) is 5.81. The molecule has 1 atom stereocenters. The molecule has 8 heteroatoms. The maximum atomic E-state index is 10.9. The van der Waals surface area contributed by atoms with Crippen LogP contribution in [0.5, 0.6) is 0 Å². The van der Waals surface area contributed by atoms with Crippen molar-refractivity contribution in [2.45, 2.75) is 6.10 Å². The van der Waals surface area contributed by atoms with E-state index in [-0.39, 0.29) is 5.56 Å². The highest BCUT2D eigenvalue weighted by Crippen LogP contribution is 2.26. The first-order chi connectivity index (χ1) is 9.52. The van der Waals surface area contributed by atoms with Crippen molar-refractivity contribution in [2.75, 3.05) is 24.6 Å². The molecule has 1 aromatic rings. The molecule has 0 aliphatic carbocycles. The maximum Gasteiger partial charge on any atom is 0.342 e. The van der Waals surface area contributed by atoms with Crippen LogP contribution in [-0.4, -0.2) is 41.8 Å². The largest absolute Gasteiger partial charge is 0.477 e. The summed E-state index contributed by atoms with van der Waals surface area (Å²) in [6.07, 6.45) is -0.595. The summed E-state index contributed by atoms with van der Waals surface area (Å²) in [6, 6.07) is 5.89. The third-order valence-corrected chi connectivity index (χ3v) is 2.98. The van der Waals surface area contributed by atoms with Crippen LogP contribution in [0, 0.1) is 21.4 Å². The second-order valence-electron chi connectivity index (χ2n) is 4.20. The number of rotatable bonds is 3. The van der Waals surface area contributed by atoms with Crippen LogP contribution < -0.4 is 4.90 Å². The van der Waals surface area contributed by atoms with Gasteiger partial charge in [0.25, 0.3) is 5.69 Å². The summed E-state index contributed by atoms with van der Waals surface area (Å²) in [7, 11) is 0. The SMILES string of the molecule is N#CC1CN(c2ccc(C(=O)O)c([N+](=O)[O-])c2)CCO1. The molecule has 20 heavy (non-hydrogen) atoms. The summed E-state index contributed by atoms with van der Waals surface area (Å²) < 4.78 is 5.19. The van der Waals surface area contributed by atoms with Gasteiger partial charge in [-0.2, -0.15) is 5.26 Å². The summed E-state index contributed by atoms with van der Waals surface area (Å²) in [5, 5.41) is 28.7. The molecule has 1 aromatic carbocycles. The van der Waals surface area contributed by atoms with Gasteiger partial charge in [0, 0.05) is 18.3 Å². The van der Waals surface area contributed by atoms with Crippen LogP contribution >= 0.6 is 0 Å². The number of hydrogen-bond donors (Lipinski definition) is 1. The zero-order chi connectivity index (χ0) is 14.7. The topological polar surface area (TPSA) is 117 Å². The Balaban J connectivity index is 2.34. The third kappa shape index (κ3) is 2.67. The van der Waals surface area contributed by atoms with E-state index in [1.165, 1.54) is 18.2 Å². The number of nitro benzene ring substituents is 1. The van der Waals surface area contributed by atoms with Crippen molar-refractivity contribution < 1.29 is 19.6 Å². The molecule has 1 saturated heterocycles. The Labute approximate surface area is 113 Å². The van der Waals surface area contributed by atoms with Crippen LogP contribution in [0.2, 0.25) is 0 Å². The first-order valence-corrected chi connectivity index (χ1v) is 5.81. The predicted molar refractivity (Wildman–Crippen MR) is 67.6 cm³/mol. The monoisotopic (exact) mass is 277 g/mol. The normalized spacial score (nSPS) is 18.4. The number of nitrogens with zero attached hydrogens (tertiary/aromatic N) is 3. The van der Waals surface area contributed by atoms with Crippen LogP contribution in [0.25, 0.3) is 0 Å². The molecule has 1 aliphatic heterocycles. The second kappa shape index (κ2) is 5.54. The Morgan fingerprint density at radius 3 is 2.95 bits per heavy atom. The number of nitro groups is 1. The predicted octanol–water partition coefficient (Wildman–Crippen LogP) is 1.02. The van der Waals surface area contributed by atoms with Gasteiger partial charge in [0.15, 0.2) is 6.10 Å². The Morgan fingerprint density at radius 1 is 1.60 bits per heavy atom. The van der Waals surface area contributed by atoms with E-state index < -0.39 is 22.7 Å². The van der Waals surface area contributed by atoms with Crippen molar-refractivity contribution in [3.63, 3.8) is 0 Å². The molecule has 0 radical (unpaired) electrons. The van der Waals surface area contributed by atoms with E-state index in [2.05, 4.69) is 0 Å². The summed E-state index contributed by atoms with van der Waals surface area (Å²) in [5.74, 6) is -1.35. The third-order valence-electron chi connectivity index (χ3n) is 2.98. The Morgan fingerprint density at radius 2 is 2.35 bits per heavy atom. The highest BCUT2D eigenvalue weighted by Gasteiger charge is 2.25. The average molecular weight is 277 g/mol. The van der Waals surface area contributed by atoms with E-state index >= 15 is 0 Å². The van der Waals surface area contributed by atoms with Crippen molar-refractivity contribution >= 4 is 17.3 Å². The smallest absolute Gasteiger partial charge is 0.342 e. The number of carboxylic acid groups (broad SMARTS) is 1. The zero-order valence-electron chi connectivity index (χ0n) is 10.4. The molecule has 0 aromatic heterocycles. The summed E-state index contributed by atoms with van der Waals surface area (Å²) in [5.41, 5.74) is -0.316. The van der Waals surface area contributed by atoms with Crippen LogP contribution in [0.3, 0.4) is 0 Å². The van der Waals surface area contributed by atoms with Gasteiger partial charge in [-0.05, 0) is 12.1 Å². The molecule has 8 nitrogen and oxygen atoms in total. The van der Waals surface area contributed by atoms with E-state index in [1.54, 1.807) is 4.90 Å². The molecular weight excluding hydrogens is 266 g/mol. The number of carbonyl (C=O) groups is 1. The van der Waals surface area contributed by atoms with Gasteiger partial charge in [-0.1, -0.05) is 0 Å². The molecule has 0 amide bonds. The molecule has 1 unspecified atom stereocenters. The van der Waals surface area contributed by atoms with Crippen molar-refractivity contribution in [3.8, 4) is 6.07 Å². The zero-order valence-corrected chi connectivity index (χ0v) is 10.4. The maximum absolute atomic E-state index is 10.9. The highest BCUT2D eigenvalue weighted by molar-refractivity contribution is 5.93. The minimum Gasteiger partial charge on any atom is -0.477 e. The Kier molecular flexibility index (Phi) is 3.81. The standard InChI is InChI=1S/C12H11N3O5/c13-6-9-7-14(3-4-20-9)8-1-2-10(12(16)17)11(5-8)15(18)19/h1-2,5,9H,3-4,7H2,(H,16,17). The van der Waals surface area contributed by atoms with Gasteiger partial charge in [0.05, 0.1) is 24.1 Å². The van der Waals surface area contributed by atoms with Crippen LogP contribution in [0.4, 0.5) is 11.4 Å². The number of carboxylic acids is 1. The number of hydrogen-bond acceptors (Lipinski definition) is 6.